The number of aromatic nitrogens is 2. The van der Waals surface area contributed by atoms with Crippen molar-refractivity contribution >= 4 is 62.0 Å². The first-order valence-electron chi connectivity index (χ1n) is 17.9. The fourth-order valence-corrected chi connectivity index (χ4v) is 12.9. The van der Waals surface area contributed by atoms with Crippen LogP contribution >= 0.6 is 27.3 Å². The van der Waals surface area contributed by atoms with Crippen LogP contribution in [-0.2, 0) is 26.4 Å². The minimum absolute atomic E-state index is 0.0736. The van der Waals surface area contributed by atoms with E-state index in [0.29, 0.717) is 47.6 Å². The van der Waals surface area contributed by atoms with Gasteiger partial charge in [0.05, 0.1) is 28.9 Å². The SMILES string of the molecule is COc1ccccc1[C@H](Cn1c(=O)n(C(C)(C)C(=O)CC(C)(C)[Si](O)(c2ccccc2)c2ccccc2)c(=O)c2c(C)c(Br)sc21)OC1CCOCC1. The van der Waals surface area contributed by atoms with Gasteiger partial charge in [0.1, 0.15) is 22.2 Å². The number of Topliss-reactive ketones (excluding diaryl/α,β-unsaturated/α-hetero) is 1. The molecule has 0 unspecified atom stereocenters. The number of halogens is 1. The van der Waals surface area contributed by atoms with Crippen molar-refractivity contribution in [1.29, 1.82) is 0 Å². The lowest BCUT2D eigenvalue weighted by Crippen LogP contribution is -2.66. The van der Waals surface area contributed by atoms with E-state index >= 15 is 0 Å². The molecule has 9 nitrogen and oxygen atoms in total. The summed E-state index contributed by atoms with van der Waals surface area (Å²) in [5, 5.41) is 0.970. The molecule has 1 fully saturated rings. The van der Waals surface area contributed by atoms with Gasteiger partial charge in [-0.1, -0.05) is 92.7 Å². The van der Waals surface area contributed by atoms with Crippen LogP contribution in [-0.4, -0.2) is 54.5 Å². The molecule has 3 aromatic carbocycles. The van der Waals surface area contributed by atoms with Crippen LogP contribution in [0.1, 0.15) is 64.2 Å². The van der Waals surface area contributed by atoms with E-state index in [-0.39, 0.29) is 24.9 Å². The lowest BCUT2D eigenvalue weighted by atomic mass is 9.91. The van der Waals surface area contributed by atoms with Gasteiger partial charge in [-0.3, -0.25) is 14.2 Å². The van der Waals surface area contributed by atoms with Crippen molar-refractivity contribution in [2.24, 2.45) is 0 Å². The van der Waals surface area contributed by atoms with Crippen LogP contribution in [0.2, 0.25) is 5.04 Å². The van der Waals surface area contributed by atoms with E-state index < -0.39 is 36.2 Å². The predicted molar refractivity (Wildman–Crippen MR) is 217 cm³/mol. The van der Waals surface area contributed by atoms with Gasteiger partial charge in [0.15, 0.2) is 5.78 Å². The van der Waals surface area contributed by atoms with Gasteiger partial charge in [0, 0.05) is 25.2 Å². The molecule has 2 aromatic heterocycles. The second-order valence-corrected chi connectivity index (χ2v) is 21.1. The highest BCUT2D eigenvalue weighted by molar-refractivity contribution is 9.11. The van der Waals surface area contributed by atoms with Gasteiger partial charge in [0.25, 0.3) is 13.9 Å². The molecule has 0 saturated carbocycles. The lowest BCUT2D eigenvalue weighted by Gasteiger charge is -2.42. The number of methoxy groups -OCH3 is 1. The largest absolute Gasteiger partial charge is 0.496 e. The maximum Gasteiger partial charge on any atom is 0.333 e. The van der Waals surface area contributed by atoms with Gasteiger partial charge in [-0.25, -0.2) is 9.36 Å². The number of hydrogen-bond acceptors (Lipinski definition) is 8. The second-order valence-electron chi connectivity index (χ2n) is 14.9. The molecule has 280 valence electrons. The number of para-hydroxylation sites is 1. The van der Waals surface area contributed by atoms with Gasteiger partial charge < -0.3 is 19.0 Å². The number of carbonyl (C=O) groups excluding carboxylic acids is 1. The molecule has 0 spiro atoms. The zero-order chi connectivity index (χ0) is 38.1. The van der Waals surface area contributed by atoms with Gasteiger partial charge in [-0.05, 0) is 76.6 Å². The number of ketones is 1. The monoisotopic (exact) mass is 818 g/mol. The minimum atomic E-state index is -3.58. The van der Waals surface area contributed by atoms with Gasteiger partial charge in [-0.15, -0.1) is 11.3 Å². The molecule has 1 atom stereocenters. The quantitative estimate of drug-likeness (QED) is 0.136. The number of aryl methyl sites for hydroxylation is 1. The summed E-state index contributed by atoms with van der Waals surface area (Å²) in [7, 11) is -1.98. The summed E-state index contributed by atoms with van der Waals surface area (Å²) in [6.07, 6.45) is 0.609. The normalized spacial score (nSPS) is 15.1. The predicted octanol–water partition coefficient (Wildman–Crippen LogP) is 6.47. The highest BCUT2D eigenvalue weighted by Gasteiger charge is 2.52. The Bertz CT molecular complexity index is 2170. The number of hydrogen-bond donors (Lipinski definition) is 1. The Hall–Kier alpha value is -3.65. The van der Waals surface area contributed by atoms with Crippen LogP contribution in [0, 0.1) is 6.92 Å². The van der Waals surface area contributed by atoms with E-state index in [4.69, 9.17) is 14.2 Å². The van der Waals surface area contributed by atoms with E-state index in [9.17, 15) is 19.2 Å². The standard InChI is InChI=1S/C41H47BrN2O7SSi/c1-27-35-37(46)44(41(4,5)34(45)25-40(2,3)53(48,29-15-9-7-10-16-29)30-17-11-8-12-18-30)39(47)43(38(35)52-36(27)42)26-33(51-28-21-23-50-24-22-28)31-19-13-14-20-32(31)49-6/h7-20,28,33,48H,21-26H2,1-6H3/t33-/m0/s1. The third kappa shape index (κ3) is 7.29. The number of rotatable bonds is 13. The van der Waals surface area contributed by atoms with Gasteiger partial charge in [-0.2, -0.15) is 0 Å². The molecule has 5 aromatic rings. The fraction of sp³-hybridized carbons (Fsp3) is 0.390. The highest BCUT2D eigenvalue weighted by Crippen LogP contribution is 2.41. The first kappa shape index (κ1) is 39.1. The topological polar surface area (TPSA) is 109 Å². The number of ether oxygens (including phenoxy) is 3. The summed E-state index contributed by atoms with van der Waals surface area (Å²) in [6.45, 7) is 10.1. The van der Waals surface area contributed by atoms with Crippen molar-refractivity contribution in [2.75, 3.05) is 20.3 Å². The Balaban J connectivity index is 1.47. The van der Waals surface area contributed by atoms with E-state index in [2.05, 4.69) is 15.9 Å². The number of fused-ring (bicyclic) bond motifs is 1. The number of carbonyl (C=O) groups is 1. The molecule has 0 radical (unpaired) electrons. The minimum Gasteiger partial charge on any atom is -0.496 e. The molecular formula is C41H47BrN2O7SSi. The first-order chi connectivity index (χ1) is 25.2. The molecule has 0 bridgehead atoms. The lowest BCUT2D eigenvalue weighted by molar-refractivity contribution is -0.127. The van der Waals surface area contributed by atoms with Crippen LogP contribution in [0.15, 0.2) is 98.3 Å². The third-order valence-electron chi connectivity index (χ3n) is 10.7. The molecule has 1 aliphatic rings. The van der Waals surface area contributed by atoms with Gasteiger partial charge in [0.2, 0.25) is 0 Å². The fourth-order valence-electron chi connectivity index (χ4n) is 7.51. The maximum atomic E-state index is 14.9. The van der Waals surface area contributed by atoms with Crippen molar-refractivity contribution in [2.45, 2.75) is 83.2 Å². The highest BCUT2D eigenvalue weighted by atomic mass is 79.9. The Morgan fingerprint density at radius 3 is 2.11 bits per heavy atom. The number of thiophene rings is 1. The van der Waals surface area contributed by atoms with E-state index in [1.54, 1.807) is 25.5 Å². The van der Waals surface area contributed by atoms with E-state index in [1.807, 2.05) is 106 Å². The van der Waals surface area contributed by atoms with Crippen molar-refractivity contribution in [1.82, 2.24) is 9.13 Å². The van der Waals surface area contributed by atoms with Crippen LogP contribution < -0.4 is 26.4 Å². The Kier molecular flexibility index (Phi) is 11.5. The molecule has 0 amide bonds. The second kappa shape index (κ2) is 15.6. The molecule has 3 heterocycles. The average molecular weight is 820 g/mol. The van der Waals surface area contributed by atoms with Crippen LogP contribution in [0.25, 0.3) is 10.2 Å². The summed E-state index contributed by atoms with van der Waals surface area (Å²) in [4.78, 5) is 57.5. The molecule has 53 heavy (non-hydrogen) atoms. The van der Waals surface area contributed by atoms with Crippen molar-refractivity contribution in [3.8, 4) is 5.75 Å². The maximum absolute atomic E-state index is 14.9. The third-order valence-corrected chi connectivity index (χ3v) is 17.4. The summed E-state index contributed by atoms with van der Waals surface area (Å²) in [5.74, 6) is 0.286. The van der Waals surface area contributed by atoms with Gasteiger partial charge >= 0.3 is 5.69 Å². The molecule has 1 saturated heterocycles. The van der Waals surface area contributed by atoms with E-state index in [1.165, 1.54) is 11.3 Å². The van der Waals surface area contributed by atoms with Crippen molar-refractivity contribution in [3.63, 3.8) is 0 Å². The summed E-state index contributed by atoms with van der Waals surface area (Å²) in [5.41, 5.74) is -1.26. The van der Waals surface area contributed by atoms with E-state index in [0.717, 1.165) is 24.3 Å². The molecule has 1 N–H and O–H groups in total. The summed E-state index contributed by atoms with van der Waals surface area (Å²) < 4.78 is 21.5. The van der Waals surface area contributed by atoms with Crippen molar-refractivity contribution < 1.29 is 23.8 Å². The number of benzene rings is 3. The van der Waals surface area contributed by atoms with Crippen LogP contribution in [0.5, 0.6) is 5.75 Å². The average Bonchev–Trinajstić information content (AvgIpc) is 3.46. The molecule has 12 heteroatoms. The zero-order valence-corrected chi connectivity index (χ0v) is 34.5. The Labute approximate surface area is 323 Å². The molecule has 1 aliphatic heterocycles. The summed E-state index contributed by atoms with van der Waals surface area (Å²) in [6, 6.07) is 26.6. The summed E-state index contributed by atoms with van der Waals surface area (Å²) >= 11 is 4.93. The molecule has 0 aliphatic carbocycles. The number of nitrogens with zero attached hydrogens (tertiary/aromatic N) is 2. The van der Waals surface area contributed by atoms with Crippen molar-refractivity contribution in [3.05, 3.63) is 121 Å². The molecule has 6 rings (SSSR count). The molecular weight excluding hydrogens is 773 g/mol. The zero-order valence-electron chi connectivity index (χ0n) is 31.1. The first-order valence-corrected chi connectivity index (χ1v) is 21.5. The smallest absolute Gasteiger partial charge is 0.333 e. The van der Waals surface area contributed by atoms with Crippen LogP contribution in [0.4, 0.5) is 0 Å². The Morgan fingerprint density at radius 2 is 1.53 bits per heavy atom. The van der Waals surface area contributed by atoms with Crippen LogP contribution in [0.3, 0.4) is 0 Å². The Morgan fingerprint density at radius 1 is 0.962 bits per heavy atom.